The fourth-order valence-electron chi connectivity index (χ4n) is 14.8. The third-order valence-corrected chi connectivity index (χ3v) is 18.0. The van der Waals surface area contributed by atoms with E-state index in [2.05, 4.69) is 58.8 Å². The van der Waals surface area contributed by atoms with E-state index in [0.29, 0.717) is 48.3 Å². The number of unbranched alkanes of at least 4 members (excludes halogenated alkanes) is 7. The molecule has 12 atom stereocenters. The average Bonchev–Trinajstić information content (AvgIpc) is 3.53. The molecule has 0 heterocycles. The lowest BCUT2D eigenvalue weighted by Gasteiger charge is -2.72. The van der Waals surface area contributed by atoms with Crippen LogP contribution in [0.15, 0.2) is 12.2 Å². The van der Waals surface area contributed by atoms with Gasteiger partial charge in [-0.2, -0.15) is 0 Å². The Bertz CT molecular complexity index is 1430. The number of carbonyl (C=O) groups is 3. The van der Waals surface area contributed by atoms with Gasteiger partial charge in [-0.05, 0) is 148 Å². The van der Waals surface area contributed by atoms with Crippen LogP contribution in [0.3, 0.4) is 0 Å². The molecule has 0 aromatic heterocycles. The van der Waals surface area contributed by atoms with Crippen molar-refractivity contribution < 1.29 is 29.7 Å². The van der Waals surface area contributed by atoms with Crippen molar-refractivity contribution >= 4 is 17.8 Å². The number of nitrogens with one attached hydrogen (secondary N) is 2. The smallest absolute Gasteiger partial charge is 0.306 e. The number of hydrogen-bond acceptors (Lipinski definition) is 5. The molecule has 0 aromatic carbocycles. The zero-order valence-electron chi connectivity index (χ0n) is 37.5. The minimum atomic E-state index is -1.08. The first kappa shape index (κ1) is 46.1. The second-order valence-corrected chi connectivity index (χ2v) is 22.0. The number of aliphatic carboxylic acids is 1. The summed E-state index contributed by atoms with van der Waals surface area (Å²) in [4.78, 5) is 38.1. The summed E-state index contributed by atoms with van der Waals surface area (Å²) in [5.74, 6) is 1.94. The predicted molar refractivity (Wildman–Crippen MR) is 229 cm³/mol. The SMILES string of the molecule is C=C(C)[C@@H]1CC[C@]2(C(=O)NCCCCCCCCCCC(=O)N[C@@H](CC(C)C)[C@@H](O)CC(=O)O)CC[C@]3(C)[C@H](CCC4[C@@]5(C)CC[C@H](O)C(C)(C)[C@@H]5CC[C@]43C)[C@@H]12. The lowest BCUT2D eigenvalue weighted by Crippen LogP contribution is -2.67. The van der Waals surface area contributed by atoms with Gasteiger partial charge in [0.1, 0.15) is 0 Å². The molecular formula is C49H84N2O6. The first-order chi connectivity index (χ1) is 26.7. The fraction of sp³-hybridized carbons (Fsp3) is 0.898. The number of aliphatic hydroxyl groups is 2. The number of amides is 2. The summed E-state index contributed by atoms with van der Waals surface area (Å²) in [6, 6.07) is -0.534. The highest BCUT2D eigenvalue weighted by Crippen LogP contribution is 2.77. The maximum atomic E-state index is 14.5. The third kappa shape index (κ3) is 9.08. The van der Waals surface area contributed by atoms with Gasteiger partial charge < -0.3 is 26.0 Å². The third-order valence-electron chi connectivity index (χ3n) is 18.0. The second kappa shape index (κ2) is 18.4. The highest BCUT2D eigenvalue weighted by Gasteiger charge is 2.71. The molecule has 5 fully saturated rings. The standard InChI is InChI=1S/C49H84N2O6/c1-32(2)30-36(37(52)31-42(55)56)51-41(54)18-16-14-12-10-11-13-15-17-29-50-44(57)49-26-21-34(33(3)4)43(49)35-19-20-39-46(7)24-23-40(53)45(5,6)38(46)22-25-48(39,9)47(35,8)27-28-49/h32,34-40,43,52-53H,3,10-31H2,1-2,4-9H3,(H,50,57)(H,51,54)(H,55,56)/t34-,35+,36-,37-,38-,39?,40-,43+,46-,47+,48+,49-/m0/s1. The van der Waals surface area contributed by atoms with Gasteiger partial charge in [0.25, 0.3) is 0 Å². The van der Waals surface area contributed by atoms with Crippen molar-refractivity contribution in [2.75, 3.05) is 6.54 Å². The fourth-order valence-corrected chi connectivity index (χ4v) is 14.8. The molecule has 0 radical (unpaired) electrons. The van der Waals surface area contributed by atoms with Gasteiger partial charge in [-0.3, -0.25) is 14.4 Å². The topological polar surface area (TPSA) is 136 Å². The van der Waals surface area contributed by atoms with Crippen LogP contribution in [0.4, 0.5) is 0 Å². The van der Waals surface area contributed by atoms with Crippen LogP contribution in [0.2, 0.25) is 0 Å². The first-order valence-corrected chi connectivity index (χ1v) is 23.6. The Kier molecular flexibility index (Phi) is 14.9. The zero-order valence-corrected chi connectivity index (χ0v) is 37.5. The number of carbonyl (C=O) groups excluding carboxylic acids is 2. The summed E-state index contributed by atoms with van der Waals surface area (Å²) in [5, 5.41) is 36.8. The van der Waals surface area contributed by atoms with Gasteiger partial charge in [0.05, 0.1) is 30.1 Å². The van der Waals surface area contributed by atoms with Gasteiger partial charge in [-0.25, -0.2) is 0 Å². The monoisotopic (exact) mass is 797 g/mol. The summed E-state index contributed by atoms with van der Waals surface area (Å²) < 4.78 is 0. The van der Waals surface area contributed by atoms with Crippen molar-refractivity contribution in [3.05, 3.63) is 12.2 Å². The Hall–Kier alpha value is -1.93. The lowest BCUT2D eigenvalue weighted by atomic mass is 9.32. The molecule has 8 heteroatoms. The van der Waals surface area contributed by atoms with Crippen molar-refractivity contribution in [2.24, 2.45) is 62.6 Å². The molecule has 2 amide bonds. The number of carboxylic acids is 1. The van der Waals surface area contributed by atoms with Crippen molar-refractivity contribution in [1.29, 1.82) is 0 Å². The van der Waals surface area contributed by atoms with Gasteiger partial charge in [0.2, 0.25) is 11.8 Å². The normalized spacial score (nSPS) is 37.9. The predicted octanol–water partition coefficient (Wildman–Crippen LogP) is 10.00. The van der Waals surface area contributed by atoms with Gasteiger partial charge >= 0.3 is 5.97 Å². The Morgan fingerprint density at radius 1 is 0.772 bits per heavy atom. The molecule has 5 aliphatic carbocycles. The highest BCUT2D eigenvalue weighted by molar-refractivity contribution is 5.84. The number of hydrogen-bond donors (Lipinski definition) is 5. The molecule has 5 aliphatic rings. The number of aliphatic hydroxyl groups excluding tert-OH is 2. The number of allylic oxidation sites excluding steroid dienone is 1. The summed E-state index contributed by atoms with van der Waals surface area (Å²) in [6.07, 6.45) is 18.9. The summed E-state index contributed by atoms with van der Waals surface area (Å²) in [5.41, 5.74) is 1.65. The van der Waals surface area contributed by atoms with E-state index in [1.165, 1.54) is 31.3 Å². The zero-order chi connectivity index (χ0) is 42.0. The van der Waals surface area contributed by atoms with Crippen molar-refractivity contribution in [1.82, 2.24) is 10.6 Å². The van der Waals surface area contributed by atoms with E-state index in [1.54, 1.807) is 0 Å². The molecule has 8 nitrogen and oxygen atoms in total. The van der Waals surface area contributed by atoms with Crippen LogP contribution in [-0.4, -0.2) is 57.9 Å². The van der Waals surface area contributed by atoms with Crippen molar-refractivity contribution in [3.8, 4) is 0 Å². The summed E-state index contributed by atoms with van der Waals surface area (Å²) in [6.45, 7) is 24.1. The van der Waals surface area contributed by atoms with Gasteiger partial charge in [-0.1, -0.05) is 99.1 Å². The molecule has 5 saturated carbocycles. The molecule has 0 saturated heterocycles. The summed E-state index contributed by atoms with van der Waals surface area (Å²) >= 11 is 0. The van der Waals surface area contributed by atoms with Crippen LogP contribution in [0, 0.1) is 62.6 Å². The maximum absolute atomic E-state index is 14.5. The van der Waals surface area contributed by atoms with E-state index >= 15 is 0 Å². The van der Waals surface area contributed by atoms with Gasteiger partial charge in [-0.15, -0.1) is 0 Å². The number of carboxylic acid groups (broad SMARTS) is 1. The largest absolute Gasteiger partial charge is 0.481 e. The Morgan fingerprint density at radius 3 is 2.05 bits per heavy atom. The minimum Gasteiger partial charge on any atom is -0.481 e. The molecule has 326 valence electrons. The van der Waals surface area contributed by atoms with E-state index in [1.807, 2.05) is 13.8 Å². The van der Waals surface area contributed by atoms with Crippen molar-refractivity contribution in [2.45, 2.75) is 208 Å². The van der Waals surface area contributed by atoms with Crippen molar-refractivity contribution in [3.63, 3.8) is 0 Å². The van der Waals surface area contributed by atoms with E-state index in [4.69, 9.17) is 5.11 Å². The van der Waals surface area contributed by atoms with Crippen LogP contribution in [0.25, 0.3) is 0 Å². The molecule has 0 aliphatic heterocycles. The molecule has 0 aromatic rings. The van der Waals surface area contributed by atoms with E-state index in [9.17, 15) is 24.6 Å². The quantitative estimate of drug-likeness (QED) is 0.0653. The Labute approximate surface area is 347 Å². The molecule has 5 rings (SSSR count). The minimum absolute atomic E-state index is 0.0397. The maximum Gasteiger partial charge on any atom is 0.306 e. The molecule has 1 unspecified atom stereocenters. The number of rotatable bonds is 19. The van der Waals surface area contributed by atoms with Crippen LogP contribution >= 0.6 is 0 Å². The van der Waals surface area contributed by atoms with Crippen LogP contribution in [0.5, 0.6) is 0 Å². The molecular weight excluding hydrogens is 713 g/mol. The Balaban J connectivity index is 1.07. The first-order valence-electron chi connectivity index (χ1n) is 23.6. The molecule has 0 bridgehead atoms. The van der Waals surface area contributed by atoms with E-state index in [0.717, 1.165) is 96.4 Å². The van der Waals surface area contributed by atoms with E-state index in [-0.39, 0.29) is 51.4 Å². The van der Waals surface area contributed by atoms with Gasteiger partial charge in [0.15, 0.2) is 0 Å². The summed E-state index contributed by atoms with van der Waals surface area (Å²) in [7, 11) is 0. The van der Waals surface area contributed by atoms with Gasteiger partial charge in [0, 0.05) is 13.0 Å². The van der Waals surface area contributed by atoms with Crippen LogP contribution in [-0.2, 0) is 14.4 Å². The van der Waals surface area contributed by atoms with Crippen LogP contribution < -0.4 is 10.6 Å². The van der Waals surface area contributed by atoms with E-state index < -0.39 is 18.1 Å². The second-order valence-electron chi connectivity index (χ2n) is 22.0. The highest BCUT2D eigenvalue weighted by atomic mass is 16.4. The molecule has 57 heavy (non-hydrogen) atoms. The average molecular weight is 797 g/mol. The molecule has 5 N–H and O–H groups in total. The number of fused-ring (bicyclic) bond motifs is 7. The lowest BCUT2D eigenvalue weighted by molar-refractivity contribution is -0.246. The molecule has 0 spiro atoms. The Morgan fingerprint density at radius 2 is 1.42 bits per heavy atom. The van der Waals surface area contributed by atoms with Crippen LogP contribution in [0.1, 0.15) is 190 Å².